The van der Waals surface area contributed by atoms with E-state index in [1.807, 2.05) is 13.8 Å². The highest BCUT2D eigenvalue weighted by atomic mass is 79.9. The van der Waals surface area contributed by atoms with Crippen molar-refractivity contribution in [2.75, 3.05) is 0 Å². The molecule has 19 heavy (non-hydrogen) atoms. The van der Waals surface area contributed by atoms with Crippen molar-refractivity contribution >= 4 is 25.8 Å². The number of hydrogen-bond acceptors (Lipinski definition) is 4. The summed E-state index contributed by atoms with van der Waals surface area (Å²) in [5.74, 6) is 0. The van der Waals surface area contributed by atoms with E-state index in [1.54, 1.807) is 18.2 Å². The Bertz CT molecular complexity index is 601. The van der Waals surface area contributed by atoms with Crippen molar-refractivity contribution in [3.63, 3.8) is 0 Å². The summed E-state index contributed by atoms with van der Waals surface area (Å²) in [6.45, 7) is 3.89. The van der Waals surface area contributed by atoms with Gasteiger partial charge in [0.1, 0.15) is 6.07 Å². The lowest BCUT2D eigenvalue weighted by atomic mass is 10.3. The van der Waals surface area contributed by atoms with Crippen LogP contribution in [-0.4, -0.2) is 14.5 Å². The summed E-state index contributed by atoms with van der Waals surface area (Å²) in [5, 5.41) is 11.9. The van der Waals surface area contributed by atoms with Crippen LogP contribution in [-0.2, 0) is 9.84 Å². The lowest BCUT2D eigenvalue weighted by Gasteiger charge is -2.09. The van der Waals surface area contributed by atoms with Crippen molar-refractivity contribution in [2.24, 2.45) is 0 Å². The summed E-state index contributed by atoms with van der Waals surface area (Å²) < 4.78 is 25.2. The van der Waals surface area contributed by atoms with Crippen molar-refractivity contribution in [2.45, 2.75) is 31.2 Å². The number of benzene rings is 1. The maximum atomic E-state index is 12.2. The molecule has 1 atom stereocenters. The Hall–Kier alpha value is -1.32. The third-order valence-corrected chi connectivity index (χ3v) is 4.84. The highest BCUT2D eigenvalue weighted by Gasteiger charge is 2.20. The molecule has 0 amide bonds. The Morgan fingerprint density at radius 1 is 1.47 bits per heavy atom. The predicted molar refractivity (Wildman–Crippen MR) is 77.9 cm³/mol. The maximum absolute atomic E-state index is 12.2. The van der Waals surface area contributed by atoms with Crippen LogP contribution in [0.5, 0.6) is 0 Å². The molecule has 0 spiro atoms. The van der Waals surface area contributed by atoms with Gasteiger partial charge in [-0.3, -0.25) is 0 Å². The molecule has 6 heteroatoms. The van der Waals surface area contributed by atoms with Gasteiger partial charge in [0, 0.05) is 16.7 Å². The monoisotopic (exact) mass is 342 g/mol. The number of allylic oxidation sites excluding steroid dienone is 1. The molecule has 102 valence electrons. The lowest BCUT2D eigenvalue weighted by Crippen LogP contribution is -2.20. The Balaban J connectivity index is 3.10. The highest BCUT2D eigenvalue weighted by molar-refractivity contribution is 9.10. The normalized spacial score (nSPS) is 13.7. The van der Waals surface area contributed by atoms with Crippen LogP contribution in [0.25, 0.3) is 0 Å². The van der Waals surface area contributed by atoms with Gasteiger partial charge in [-0.05, 0) is 37.6 Å². The first-order chi connectivity index (χ1) is 8.91. The van der Waals surface area contributed by atoms with Crippen molar-refractivity contribution in [3.05, 3.63) is 39.8 Å². The molecule has 0 saturated heterocycles. The summed E-state index contributed by atoms with van der Waals surface area (Å²) in [4.78, 5) is -0.176. The molecule has 0 aromatic heterocycles. The van der Waals surface area contributed by atoms with E-state index >= 15 is 0 Å². The Kier molecular flexibility index (Phi) is 5.58. The average Bonchev–Trinajstić information content (AvgIpc) is 2.39. The van der Waals surface area contributed by atoms with Crippen LogP contribution in [0.3, 0.4) is 0 Å². The van der Waals surface area contributed by atoms with Crippen molar-refractivity contribution in [1.29, 1.82) is 5.26 Å². The summed E-state index contributed by atoms with van der Waals surface area (Å²) in [5.41, 5.74) is 0. The Labute approximate surface area is 122 Å². The average molecular weight is 343 g/mol. The van der Waals surface area contributed by atoms with E-state index in [4.69, 9.17) is 5.26 Å². The number of halogens is 1. The molecular formula is C13H15BrN2O2S. The van der Waals surface area contributed by atoms with Crippen LogP contribution in [0, 0.1) is 11.3 Å². The zero-order valence-corrected chi connectivity index (χ0v) is 13.1. The third kappa shape index (κ3) is 4.08. The highest BCUT2D eigenvalue weighted by Crippen LogP contribution is 2.20. The van der Waals surface area contributed by atoms with E-state index in [0.717, 1.165) is 10.9 Å². The fourth-order valence-corrected chi connectivity index (χ4v) is 2.60. The zero-order chi connectivity index (χ0) is 14.5. The smallest absolute Gasteiger partial charge is 0.218 e. The summed E-state index contributed by atoms with van der Waals surface area (Å²) >= 11 is 3.24. The van der Waals surface area contributed by atoms with E-state index in [1.165, 1.54) is 18.3 Å². The molecule has 0 saturated carbocycles. The van der Waals surface area contributed by atoms with Crippen LogP contribution in [0.4, 0.5) is 0 Å². The van der Waals surface area contributed by atoms with Gasteiger partial charge in [0.25, 0.3) is 0 Å². The molecule has 0 bridgehead atoms. The Morgan fingerprint density at radius 2 is 2.05 bits per heavy atom. The lowest BCUT2D eigenvalue weighted by molar-refractivity contribution is 0.599. The van der Waals surface area contributed by atoms with Crippen molar-refractivity contribution < 1.29 is 8.42 Å². The topological polar surface area (TPSA) is 70.0 Å². The number of nitrogens with one attached hydrogen (secondary N) is 1. The number of hydrogen-bond donors (Lipinski definition) is 1. The van der Waals surface area contributed by atoms with Crippen molar-refractivity contribution in [3.8, 4) is 6.07 Å². The third-order valence-electron chi connectivity index (χ3n) is 2.63. The van der Waals surface area contributed by atoms with Gasteiger partial charge in [0.2, 0.25) is 9.84 Å². The standard InChI is InChI=1S/C13H15BrN2O2S/c1-3-10(2)16-9-13(8-15)19(17,18)12-6-4-11(14)5-7-12/h4-7,9-10,16H,3H2,1-2H3. The second-order valence-corrected chi connectivity index (χ2v) is 6.89. The fraction of sp³-hybridized carbons (Fsp3) is 0.308. The number of nitriles is 1. The first kappa shape index (κ1) is 15.7. The predicted octanol–water partition coefficient (Wildman–Crippen LogP) is 2.98. The molecule has 0 aliphatic heterocycles. The van der Waals surface area contributed by atoms with E-state index in [0.29, 0.717) is 0 Å². The van der Waals surface area contributed by atoms with Crippen molar-refractivity contribution in [1.82, 2.24) is 5.32 Å². The van der Waals surface area contributed by atoms with Crippen LogP contribution in [0.15, 0.2) is 44.7 Å². The minimum Gasteiger partial charge on any atom is -0.387 e. The van der Waals surface area contributed by atoms with Crippen LogP contribution in [0.2, 0.25) is 0 Å². The van der Waals surface area contributed by atoms with E-state index in [9.17, 15) is 8.42 Å². The first-order valence-corrected chi connectivity index (χ1v) is 8.06. The molecule has 0 fully saturated rings. The van der Waals surface area contributed by atoms with Gasteiger partial charge >= 0.3 is 0 Å². The summed E-state index contributed by atoms with van der Waals surface area (Å²) in [7, 11) is -3.76. The van der Waals surface area contributed by atoms with Gasteiger partial charge < -0.3 is 5.32 Å². The molecule has 1 aromatic carbocycles. The maximum Gasteiger partial charge on any atom is 0.218 e. The summed E-state index contributed by atoms with van der Waals surface area (Å²) in [6.07, 6.45) is 2.11. The van der Waals surface area contributed by atoms with E-state index < -0.39 is 9.84 Å². The van der Waals surface area contributed by atoms with Gasteiger partial charge in [-0.25, -0.2) is 8.42 Å². The molecule has 1 aromatic rings. The van der Waals surface area contributed by atoms with Crippen LogP contribution >= 0.6 is 15.9 Å². The second kappa shape index (κ2) is 6.73. The van der Waals surface area contributed by atoms with Gasteiger partial charge in [0.05, 0.1) is 4.90 Å². The van der Waals surface area contributed by atoms with Gasteiger partial charge in [-0.1, -0.05) is 22.9 Å². The zero-order valence-electron chi connectivity index (χ0n) is 10.7. The SMILES string of the molecule is CCC(C)NC=C(C#N)S(=O)(=O)c1ccc(Br)cc1. The van der Waals surface area contributed by atoms with Gasteiger partial charge in [0.15, 0.2) is 4.91 Å². The quantitative estimate of drug-likeness (QED) is 0.835. The number of nitrogens with zero attached hydrogens (tertiary/aromatic N) is 1. The molecule has 4 nitrogen and oxygen atoms in total. The molecule has 0 radical (unpaired) electrons. The number of rotatable bonds is 5. The number of sulfone groups is 1. The molecular weight excluding hydrogens is 328 g/mol. The van der Waals surface area contributed by atoms with Gasteiger partial charge in [-0.15, -0.1) is 0 Å². The largest absolute Gasteiger partial charge is 0.387 e. The minimum absolute atomic E-state index is 0.106. The Morgan fingerprint density at radius 3 is 2.53 bits per heavy atom. The first-order valence-electron chi connectivity index (χ1n) is 5.78. The van der Waals surface area contributed by atoms with Gasteiger partial charge in [-0.2, -0.15) is 5.26 Å². The minimum atomic E-state index is -3.76. The van der Waals surface area contributed by atoms with Crippen LogP contribution in [0.1, 0.15) is 20.3 Å². The second-order valence-electron chi connectivity index (χ2n) is 4.05. The molecule has 0 heterocycles. The van der Waals surface area contributed by atoms with E-state index in [2.05, 4.69) is 21.2 Å². The van der Waals surface area contributed by atoms with E-state index in [-0.39, 0.29) is 15.8 Å². The van der Waals surface area contributed by atoms with Crippen LogP contribution < -0.4 is 5.32 Å². The molecule has 0 aliphatic rings. The molecule has 0 aliphatic carbocycles. The molecule has 1 rings (SSSR count). The fourth-order valence-electron chi connectivity index (χ4n) is 1.25. The summed E-state index contributed by atoms with van der Waals surface area (Å²) in [6, 6.07) is 8.04. The molecule has 1 N–H and O–H groups in total. The molecule has 1 unspecified atom stereocenters.